The van der Waals surface area contributed by atoms with Crippen molar-refractivity contribution in [2.45, 2.75) is 18.9 Å². The normalized spacial score (nSPS) is 15.3. The molecule has 0 saturated heterocycles. The van der Waals surface area contributed by atoms with Crippen molar-refractivity contribution in [1.29, 1.82) is 0 Å². The van der Waals surface area contributed by atoms with Crippen LogP contribution < -0.4 is 10.6 Å². The fourth-order valence-corrected chi connectivity index (χ4v) is 2.46. The van der Waals surface area contributed by atoms with Crippen LogP contribution in [0.2, 0.25) is 0 Å². The zero-order valence-corrected chi connectivity index (χ0v) is 11.4. The molecular formula is C14H20FN3O. The Bertz CT molecular complexity index is 476. The van der Waals surface area contributed by atoms with Crippen molar-refractivity contribution in [3.8, 4) is 0 Å². The monoisotopic (exact) mass is 265 g/mol. The number of hydrogen-bond acceptors (Lipinski definition) is 3. The van der Waals surface area contributed by atoms with Gasteiger partial charge >= 0.3 is 0 Å². The number of amides is 1. The van der Waals surface area contributed by atoms with Crippen molar-refractivity contribution in [3.05, 3.63) is 29.6 Å². The van der Waals surface area contributed by atoms with Crippen LogP contribution in [0.1, 0.15) is 12.0 Å². The maximum Gasteiger partial charge on any atom is 0.224 e. The molecule has 1 heterocycles. The largest absolute Gasteiger partial charge is 0.366 e. The second-order valence-corrected chi connectivity index (χ2v) is 5.10. The number of carbonyl (C=O) groups excluding carboxylic acids is 1. The first-order chi connectivity index (χ1) is 9.02. The number of carbonyl (C=O) groups is 1. The Kier molecular flexibility index (Phi) is 4.04. The van der Waals surface area contributed by atoms with Crippen LogP contribution >= 0.6 is 0 Å². The zero-order chi connectivity index (χ0) is 14.0. The first-order valence-corrected chi connectivity index (χ1v) is 6.48. The molecule has 2 rings (SSSR count). The van der Waals surface area contributed by atoms with Gasteiger partial charge in [0.2, 0.25) is 5.91 Å². The molecule has 1 amide bonds. The smallest absolute Gasteiger partial charge is 0.224 e. The van der Waals surface area contributed by atoms with E-state index < -0.39 is 0 Å². The van der Waals surface area contributed by atoms with Crippen LogP contribution in [0.25, 0.3) is 0 Å². The number of fused-ring (bicyclic) bond motifs is 1. The van der Waals surface area contributed by atoms with Crippen molar-refractivity contribution in [3.63, 3.8) is 0 Å². The van der Waals surface area contributed by atoms with Gasteiger partial charge in [-0.2, -0.15) is 0 Å². The van der Waals surface area contributed by atoms with Crippen molar-refractivity contribution in [2.24, 2.45) is 5.73 Å². The van der Waals surface area contributed by atoms with E-state index in [1.54, 1.807) is 19.0 Å². The van der Waals surface area contributed by atoms with Crippen molar-refractivity contribution < 1.29 is 9.18 Å². The lowest BCUT2D eigenvalue weighted by molar-refractivity contribution is -0.129. The number of benzene rings is 1. The molecular weight excluding hydrogens is 245 g/mol. The maximum atomic E-state index is 13.4. The van der Waals surface area contributed by atoms with Gasteiger partial charge in [-0.05, 0) is 24.1 Å². The van der Waals surface area contributed by atoms with Crippen LogP contribution in [0.15, 0.2) is 18.2 Å². The lowest BCUT2D eigenvalue weighted by Gasteiger charge is -2.29. The Morgan fingerprint density at radius 2 is 2.26 bits per heavy atom. The molecule has 1 unspecified atom stereocenters. The minimum Gasteiger partial charge on any atom is -0.366 e. The highest BCUT2D eigenvalue weighted by molar-refractivity contribution is 5.77. The van der Waals surface area contributed by atoms with Crippen LogP contribution in [0, 0.1) is 5.82 Å². The standard InChI is InChI=1S/C14H20FN3O/c1-17(2)14(19)8-12(9-16)18-6-5-10-3-4-11(15)7-13(10)18/h3-4,7,12H,5-6,8-9,16H2,1-2H3. The average molecular weight is 265 g/mol. The van der Waals surface area contributed by atoms with Gasteiger partial charge in [0.05, 0.1) is 0 Å². The first kappa shape index (κ1) is 13.8. The Balaban J connectivity index is 2.18. The van der Waals surface area contributed by atoms with E-state index in [1.807, 2.05) is 6.07 Å². The molecule has 104 valence electrons. The van der Waals surface area contributed by atoms with Crippen LogP contribution in [-0.4, -0.2) is 44.0 Å². The molecule has 1 aromatic carbocycles. The van der Waals surface area contributed by atoms with Crippen molar-refractivity contribution >= 4 is 11.6 Å². The predicted molar refractivity (Wildman–Crippen MR) is 73.6 cm³/mol. The molecule has 5 heteroatoms. The summed E-state index contributed by atoms with van der Waals surface area (Å²) in [7, 11) is 3.46. The molecule has 19 heavy (non-hydrogen) atoms. The molecule has 0 aromatic heterocycles. The molecule has 0 saturated carbocycles. The number of hydrogen-bond donors (Lipinski definition) is 1. The SMILES string of the molecule is CN(C)C(=O)CC(CN)N1CCc2ccc(F)cc21. The Hall–Kier alpha value is -1.62. The summed E-state index contributed by atoms with van der Waals surface area (Å²) in [6, 6.07) is 4.75. The topological polar surface area (TPSA) is 49.6 Å². The quantitative estimate of drug-likeness (QED) is 0.883. The Morgan fingerprint density at radius 1 is 1.53 bits per heavy atom. The van der Waals surface area contributed by atoms with Gasteiger partial charge in [-0.1, -0.05) is 6.07 Å². The van der Waals surface area contributed by atoms with Gasteiger partial charge in [-0.15, -0.1) is 0 Å². The maximum absolute atomic E-state index is 13.4. The summed E-state index contributed by atoms with van der Waals surface area (Å²) >= 11 is 0. The van der Waals surface area contributed by atoms with Crippen molar-refractivity contribution in [1.82, 2.24) is 4.90 Å². The Morgan fingerprint density at radius 3 is 2.89 bits per heavy atom. The van der Waals surface area contributed by atoms with Crippen molar-refractivity contribution in [2.75, 3.05) is 32.1 Å². The summed E-state index contributed by atoms with van der Waals surface area (Å²) in [6.45, 7) is 1.18. The lowest BCUT2D eigenvalue weighted by Crippen LogP contribution is -2.43. The summed E-state index contributed by atoms with van der Waals surface area (Å²) in [5, 5.41) is 0. The van der Waals surface area contributed by atoms with Gasteiger partial charge in [0.15, 0.2) is 0 Å². The molecule has 1 aliphatic rings. The zero-order valence-electron chi connectivity index (χ0n) is 11.4. The molecule has 0 spiro atoms. The third-order valence-electron chi connectivity index (χ3n) is 3.60. The van der Waals surface area contributed by atoms with E-state index in [1.165, 1.54) is 12.1 Å². The first-order valence-electron chi connectivity index (χ1n) is 6.48. The summed E-state index contributed by atoms with van der Waals surface area (Å²) in [5.74, 6) is -0.208. The second-order valence-electron chi connectivity index (χ2n) is 5.10. The number of nitrogens with zero attached hydrogens (tertiary/aromatic N) is 2. The van der Waals surface area contributed by atoms with Crippen LogP contribution in [0.5, 0.6) is 0 Å². The predicted octanol–water partition coefficient (Wildman–Crippen LogP) is 0.994. The molecule has 1 aliphatic heterocycles. The van der Waals surface area contributed by atoms with E-state index >= 15 is 0 Å². The number of rotatable bonds is 4. The summed E-state index contributed by atoms with van der Waals surface area (Å²) in [4.78, 5) is 15.4. The molecule has 0 aliphatic carbocycles. The van der Waals surface area contributed by atoms with E-state index in [0.717, 1.165) is 24.2 Å². The number of anilines is 1. The third kappa shape index (κ3) is 2.87. The van der Waals surface area contributed by atoms with Crippen LogP contribution in [-0.2, 0) is 11.2 Å². The van der Waals surface area contributed by atoms with Gasteiger partial charge in [0.1, 0.15) is 5.82 Å². The summed E-state index contributed by atoms with van der Waals surface area (Å²) in [5.41, 5.74) is 7.79. The molecule has 0 fully saturated rings. The highest BCUT2D eigenvalue weighted by Crippen LogP contribution is 2.31. The highest BCUT2D eigenvalue weighted by atomic mass is 19.1. The van der Waals surface area contributed by atoms with Crippen LogP contribution in [0.4, 0.5) is 10.1 Å². The van der Waals surface area contributed by atoms with E-state index in [-0.39, 0.29) is 17.8 Å². The van der Waals surface area contributed by atoms with Crippen LogP contribution in [0.3, 0.4) is 0 Å². The van der Waals surface area contributed by atoms with Gasteiger partial charge < -0.3 is 15.5 Å². The Labute approximate surface area is 113 Å². The second kappa shape index (κ2) is 5.57. The molecule has 0 radical (unpaired) electrons. The van der Waals surface area contributed by atoms with Gasteiger partial charge in [0.25, 0.3) is 0 Å². The van der Waals surface area contributed by atoms with E-state index in [0.29, 0.717) is 13.0 Å². The molecule has 4 nitrogen and oxygen atoms in total. The molecule has 1 aromatic rings. The van der Waals surface area contributed by atoms with Gasteiger partial charge in [0, 0.05) is 45.3 Å². The fraction of sp³-hybridized carbons (Fsp3) is 0.500. The fourth-order valence-electron chi connectivity index (χ4n) is 2.46. The summed E-state index contributed by atoms with van der Waals surface area (Å²) in [6.07, 6.45) is 1.24. The third-order valence-corrected chi connectivity index (χ3v) is 3.60. The highest BCUT2D eigenvalue weighted by Gasteiger charge is 2.27. The molecule has 1 atom stereocenters. The van der Waals surface area contributed by atoms with E-state index in [2.05, 4.69) is 4.90 Å². The summed E-state index contributed by atoms with van der Waals surface area (Å²) < 4.78 is 13.4. The molecule has 0 bridgehead atoms. The van der Waals surface area contributed by atoms with E-state index in [4.69, 9.17) is 5.73 Å². The number of halogens is 1. The number of nitrogens with two attached hydrogens (primary N) is 1. The van der Waals surface area contributed by atoms with Gasteiger partial charge in [-0.3, -0.25) is 4.79 Å². The molecule has 2 N–H and O–H groups in total. The average Bonchev–Trinajstić information content (AvgIpc) is 2.78. The van der Waals surface area contributed by atoms with Gasteiger partial charge in [-0.25, -0.2) is 4.39 Å². The minimum absolute atomic E-state index is 0.0419. The van der Waals surface area contributed by atoms with E-state index in [9.17, 15) is 9.18 Å². The lowest BCUT2D eigenvalue weighted by atomic mass is 10.1. The minimum atomic E-state index is -0.250.